The van der Waals surface area contributed by atoms with Crippen molar-refractivity contribution in [1.82, 2.24) is 0 Å². The number of hydrogen-bond acceptors (Lipinski definition) is 4. The van der Waals surface area contributed by atoms with Gasteiger partial charge in [-0.25, -0.2) is 0 Å². The van der Waals surface area contributed by atoms with Crippen LogP contribution in [0.4, 0.5) is 0 Å². The fourth-order valence-corrected chi connectivity index (χ4v) is 2.78. The van der Waals surface area contributed by atoms with Crippen LogP contribution < -0.4 is 0 Å². The molecular weight excluding hydrogens is 296 g/mol. The highest BCUT2D eigenvalue weighted by Crippen LogP contribution is 2.12. The molecule has 130 valence electrons. The minimum Gasteiger partial charge on any atom is -0.379 e. The molecule has 0 heterocycles. The summed E-state index contributed by atoms with van der Waals surface area (Å²) >= 11 is 1.45. The lowest BCUT2D eigenvalue weighted by Crippen LogP contribution is -2.05. The number of carbonyl (C=O) groups is 1. The maximum atomic E-state index is 10.7. The topological polar surface area (TPSA) is 35.5 Å². The van der Waals surface area contributed by atoms with Crippen LogP contribution >= 0.6 is 11.8 Å². The van der Waals surface area contributed by atoms with Crippen molar-refractivity contribution in [3.05, 3.63) is 12.7 Å². The molecule has 0 aromatic heterocycles. The van der Waals surface area contributed by atoms with Gasteiger partial charge in [0.25, 0.3) is 0 Å². The molecular formula is C18H34O3S. The van der Waals surface area contributed by atoms with Crippen LogP contribution in [0.3, 0.4) is 0 Å². The molecule has 0 radical (unpaired) electrons. The van der Waals surface area contributed by atoms with Gasteiger partial charge in [-0.15, -0.1) is 6.58 Å². The van der Waals surface area contributed by atoms with Gasteiger partial charge in [-0.05, 0) is 12.8 Å². The van der Waals surface area contributed by atoms with Gasteiger partial charge in [-0.3, -0.25) is 4.79 Å². The van der Waals surface area contributed by atoms with Crippen LogP contribution in [0.15, 0.2) is 12.7 Å². The highest BCUT2D eigenvalue weighted by atomic mass is 32.2. The molecule has 0 fully saturated rings. The van der Waals surface area contributed by atoms with Crippen molar-refractivity contribution in [2.24, 2.45) is 0 Å². The highest BCUT2D eigenvalue weighted by molar-refractivity contribution is 8.13. The number of carbonyl (C=O) groups excluding carboxylic acids is 1. The van der Waals surface area contributed by atoms with E-state index in [0.29, 0.717) is 19.8 Å². The molecule has 0 unspecified atom stereocenters. The van der Waals surface area contributed by atoms with Crippen molar-refractivity contribution in [2.75, 3.05) is 32.2 Å². The van der Waals surface area contributed by atoms with E-state index in [1.165, 1.54) is 63.1 Å². The van der Waals surface area contributed by atoms with Gasteiger partial charge >= 0.3 is 0 Å². The van der Waals surface area contributed by atoms with Crippen molar-refractivity contribution < 1.29 is 14.3 Å². The van der Waals surface area contributed by atoms with E-state index in [1.807, 2.05) is 0 Å². The van der Waals surface area contributed by atoms with E-state index in [9.17, 15) is 4.79 Å². The Morgan fingerprint density at radius 3 is 2.00 bits per heavy atom. The molecule has 0 rings (SSSR count). The molecule has 0 saturated heterocycles. The minimum atomic E-state index is 0.244. The van der Waals surface area contributed by atoms with Crippen LogP contribution in [-0.2, 0) is 14.3 Å². The summed E-state index contributed by atoms with van der Waals surface area (Å²) < 4.78 is 10.7. The Kier molecular flexibility index (Phi) is 18.5. The second kappa shape index (κ2) is 18.7. The minimum absolute atomic E-state index is 0.244. The first-order valence-corrected chi connectivity index (χ1v) is 9.65. The Labute approximate surface area is 141 Å². The predicted octanol–water partition coefficient (Wildman–Crippen LogP) is 5.00. The van der Waals surface area contributed by atoms with Crippen molar-refractivity contribution in [1.29, 1.82) is 0 Å². The number of hydrogen-bond donors (Lipinski definition) is 0. The van der Waals surface area contributed by atoms with Crippen molar-refractivity contribution in [2.45, 2.75) is 64.7 Å². The van der Waals surface area contributed by atoms with Crippen molar-refractivity contribution >= 4 is 16.9 Å². The molecule has 0 aromatic rings. The number of rotatable bonds is 17. The first-order chi connectivity index (χ1) is 10.8. The Morgan fingerprint density at radius 1 is 0.864 bits per heavy atom. The summed E-state index contributed by atoms with van der Waals surface area (Å²) in [6, 6.07) is 0. The molecule has 22 heavy (non-hydrogen) atoms. The molecule has 3 nitrogen and oxygen atoms in total. The number of ether oxygens (including phenoxy) is 2. The maximum Gasteiger partial charge on any atom is 0.185 e. The standard InChI is InChI=1S/C18H34O3S/c1-3-13-20-15-16-21-14-11-9-7-5-4-6-8-10-12-17-22-18(2)19/h3H,1,4-17H2,2H3. The maximum absolute atomic E-state index is 10.7. The van der Waals surface area contributed by atoms with E-state index < -0.39 is 0 Å². The first kappa shape index (κ1) is 21.7. The summed E-state index contributed by atoms with van der Waals surface area (Å²) in [4.78, 5) is 10.7. The highest BCUT2D eigenvalue weighted by Gasteiger charge is 1.96. The van der Waals surface area contributed by atoms with Gasteiger partial charge in [0.05, 0.1) is 19.8 Å². The lowest BCUT2D eigenvalue weighted by Gasteiger charge is -2.05. The second-order valence-electron chi connectivity index (χ2n) is 5.50. The lowest BCUT2D eigenvalue weighted by molar-refractivity contribution is -0.109. The van der Waals surface area contributed by atoms with Crippen LogP contribution in [0.5, 0.6) is 0 Å². The quantitative estimate of drug-likeness (QED) is 0.278. The molecule has 0 atom stereocenters. The normalized spacial score (nSPS) is 10.8. The summed E-state index contributed by atoms with van der Waals surface area (Å²) in [7, 11) is 0. The smallest absolute Gasteiger partial charge is 0.185 e. The van der Waals surface area contributed by atoms with E-state index in [-0.39, 0.29) is 5.12 Å². The van der Waals surface area contributed by atoms with E-state index >= 15 is 0 Å². The Morgan fingerprint density at radius 2 is 1.41 bits per heavy atom. The molecule has 0 spiro atoms. The summed E-state index contributed by atoms with van der Waals surface area (Å²) in [5.74, 6) is 0.994. The van der Waals surface area contributed by atoms with E-state index in [0.717, 1.165) is 18.8 Å². The predicted molar refractivity (Wildman–Crippen MR) is 96.5 cm³/mol. The third-order valence-electron chi connectivity index (χ3n) is 3.35. The monoisotopic (exact) mass is 330 g/mol. The van der Waals surface area contributed by atoms with E-state index in [1.54, 1.807) is 13.0 Å². The zero-order chi connectivity index (χ0) is 16.3. The van der Waals surface area contributed by atoms with Gasteiger partial charge < -0.3 is 9.47 Å². The fraction of sp³-hybridized carbons (Fsp3) is 0.833. The van der Waals surface area contributed by atoms with Crippen molar-refractivity contribution in [3.63, 3.8) is 0 Å². The molecule has 0 aromatic carbocycles. The third-order valence-corrected chi connectivity index (χ3v) is 4.25. The fourth-order valence-electron chi connectivity index (χ4n) is 2.15. The molecule has 0 saturated carbocycles. The largest absolute Gasteiger partial charge is 0.379 e. The average molecular weight is 331 g/mol. The molecule has 0 aliphatic carbocycles. The van der Waals surface area contributed by atoms with Crippen molar-refractivity contribution in [3.8, 4) is 0 Å². The summed E-state index contributed by atoms with van der Waals surface area (Å²) in [5, 5.41) is 0.244. The molecule has 4 heteroatoms. The second-order valence-corrected chi connectivity index (χ2v) is 6.77. The average Bonchev–Trinajstić information content (AvgIpc) is 2.50. The lowest BCUT2D eigenvalue weighted by atomic mass is 10.1. The van der Waals surface area contributed by atoms with Crippen LogP contribution in [-0.4, -0.2) is 37.3 Å². The SMILES string of the molecule is C=CCOCCOCCCCCCCCCCCSC(C)=O. The third kappa shape index (κ3) is 19.7. The van der Waals surface area contributed by atoms with Gasteiger partial charge in [-0.2, -0.15) is 0 Å². The molecule has 0 aliphatic rings. The summed E-state index contributed by atoms with van der Waals surface area (Å²) in [6.45, 7) is 8.06. The van der Waals surface area contributed by atoms with Crippen LogP contribution in [0.25, 0.3) is 0 Å². The Bertz CT molecular complexity index is 257. The Balaban J connectivity index is 2.97. The molecule has 0 amide bonds. The van der Waals surface area contributed by atoms with E-state index in [4.69, 9.17) is 9.47 Å². The number of unbranched alkanes of at least 4 members (excludes halogenated alkanes) is 8. The zero-order valence-corrected chi connectivity index (χ0v) is 15.1. The summed E-state index contributed by atoms with van der Waals surface area (Å²) in [6.07, 6.45) is 13.3. The Hall–Kier alpha value is -0.320. The van der Waals surface area contributed by atoms with Crippen LogP contribution in [0.2, 0.25) is 0 Å². The molecule has 0 bridgehead atoms. The van der Waals surface area contributed by atoms with Crippen LogP contribution in [0, 0.1) is 0 Å². The van der Waals surface area contributed by atoms with Gasteiger partial charge in [0, 0.05) is 19.3 Å². The summed E-state index contributed by atoms with van der Waals surface area (Å²) in [5.41, 5.74) is 0. The first-order valence-electron chi connectivity index (χ1n) is 8.67. The van der Waals surface area contributed by atoms with Gasteiger partial charge in [0.2, 0.25) is 0 Å². The van der Waals surface area contributed by atoms with Gasteiger partial charge in [-0.1, -0.05) is 62.8 Å². The van der Waals surface area contributed by atoms with Gasteiger partial charge in [0.1, 0.15) is 0 Å². The van der Waals surface area contributed by atoms with Gasteiger partial charge in [0.15, 0.2) is 5.12 Å². The number of thioether (sulfide) groups is 1. The molecule has 0 N–H and O–H groups in total. The van der Waals surface area contributed by atoms with E-state index in [2.05, 4.69) is 6.58 Å². The van der Waals surface area contributed by atoms with Crippen LogP contribution in [0.1, 0.15) is 64.7 Å². The molecule has 0 aliphatic heterocycles. The zero-order valence-electron chi connectivity index (χ0n) is 14.3.